The van der Waals surface area contributed by atoms with E-state index in [2.05, 4.69) is 17.4 Å². The van der Waals surface area contributed by atoms with Crippen LogP contribution in [0.3, 0.4) is 0 Å². The first-order valence-electron chi connectivity index (χ1n) is 8.99. The zero-order chi connectivity index (χ0) is 18.3. The number of hydrogen-bond acceptors (Lipinski definition) is 3. The fraction of sp³-hybridized carbons (Fsp3) is 0.600. The number of carboxylic acid groups (broad SMARTS) is 1. The van der Waals surface area contributed by atoms with Gasteiger partial charge in [0.25, 0.3) is 0 Å². The third-order valence-corrected chi connectivity index (χ3v) is 5.22. The number of ether oxygens (including phenoxy) is 1. The van der Waals surface area contributed by atoms with Crippen LogP contribution in [0.25, 0.3) is 0 Å². The highest BCUT2D eigenvalue weighted by Crippen LogP contribution is 2.31. The summed E-state index contributed by atoms with van der Waals surface area (Å²) in [7, 11) is 0. The van der Waals surface area contributed by atoms with Gasteiger partial charge in [-0.25, -0.2) is 0 Å². The molecule has 2 rings (SSSR count). The van der Waals surface area contributed by atoms with Crippen LogP contribution in [0.4, 0.5) is 0 Å². The molecular weight excluding hydrogens is 318 g/mol. The van der Waals surface area contributed by atoms with E-state index >= 15 is 0 Å². The maximum atomic E-state index is 12.6. The molecule has 0 saturated carbocycles. The van der Waals surface area contributed by atoms with Crippen LogP contribution in [-0.2, 0) is 20.7 Å². The van der Waals surface area contributed by atoms with Gasteiger partial charge in [0, 0.05) is 25.2 Å². The number of aliphatic carboxylic acids is 1. The molecule has 5 heteroatoms. The van der Waals surface area contributed by atoms with Gasteiger partial charge in [0.1, 0.15) is 0 Å². The number of carbonyl (C=O) groups excluding carboxylic acids is 1. The second-order valence-electron chi connectivity index (χ2n) is 7.60. The fourth-order valence-electron chi connectivity index (χ4n) is 3.21. The van der Waals surface area contributed by atoms with Crippen LogP contribution in [0.1, 0.15) is 45.1 Å². The standard InChI is InChI=1S/C20H29NO4/c1-19(2,10-6-9-16-7-4-3-5-8-16)17(22)21-15-20(18(23)24)11-13-25-14-12-20/h3-5,7-8H,6,9-15H2,1-2H3,(H,21,22)(H,23,24). The van der Waals surface area contributed by atoms with E-state index in [1.165, 1.54) is 5.56 Å². The van der Waals surface area contributed by atoms with Crippen molar-refractivity contribution in [3.63, 3.8) is 0 Å². The van der Waals surface area contributed by atoms with Crippen LogP contribution in [0.15, 0.2) is 30.3 Å². The van der Waals surface area contributed by atoms with Crippen LogP contribution in [0, 0.1) is 10.8 Å². The predicted molar refractivity (Wildman–Crippen MR) is 96.3 cm³/mol. The summed E-state index contributed by atoms with van der Waals surface area (Å²) in [6.07, 6.45) is 3.50. The van der Waals surface area contributed by atoms with Gasteiger partial charge in [-0.1, -0.05) is 44.2 Å². The first kappa shape index (κ1) is 19.4. The van der Waals surface area contributed by atoms with E-state index in [1.54, 1.807) is 0 Å². The SMILES string of the molecule is CC(C)(CCCc1ccccc1)C(=O)NCC1(C(=O)O)CCOCC1. The average Bonchev–Trinajstić information content (AvgIpc) is 2.61. The number of nitrogens with one attached hydrogen (secondary N) is 1. The number of aryl methyl sites for hydroxylation is 1. The molecule has 138 valence electrons. The topological polar surface area (TPSA) is 75.6 Å². The van der Waals surface area contributed by atoms with Gasteiger partial charge in [-0.2, -0.15) is 0 Å². The van der Waals surface area contributed by atoms with Gasteiger partial charge in [-0.05, 0) is 37.7 Å². The van der Waals surface area contributed by atoms with E-state index < -0.39 is 16.8 Å². The molecule has 1 amide bonds. The Bertz CT molecular complexity index is 577. The lowest BCUT2D eigenvalue weighted by Crippen LogP contribution is -2.49. The predicted octanol–water partition coefficient (Wildman–Crippen LogP) is 3.03. The molecule has 1 aliphatic heterocycles. The minimum Gasteiger partial charge on any atom is -0.481 e. The lowest BCUT2D eigenvalue weighted by molar-refractivity contribution is -0.155. The second-order valence-corrected chi connectivity index (χ2v) is 7.60. The van der Waals surface area contributed by atoms with Crippen molar-refractivity contribution in [3.05, 3.63) is 35.9 Å². The van der Waals surface area contributed by atoms with Crippen molar-refractivity contribution in [2.24, 2.45) is 10.8 Å². The van der Waals surface area contributed by atoms with E-state index in [1.807, 2.05) is 32.0 Å². The molecule has 0 aliphatic carbocycles. The Kier molecular flexibility index (Phi) is 6.59. The summed E-state index contributed by atoms with van der Waals surface area (Å²) in [5.41, 5.74) is -0.140. The number of benzene rings is 1. The summed E-state index contributed by atoms with van der Waals surface area (Å²) in [4.78, 5) is 24.2. The van der Waals surface area contributed by atoms with E-state index in [0.717, 1.165) is 19.3 Å². The first-order chi connectivity index (χ1) is 11.9. The highest BCUT2D eigenvalue weighted by molar-refractivity contribution is 5.83. The smallest absolute Gasteiger partial charge is 0.311 e. The average molecular weight is 347 g/mol. The van der Waals surface area contributed by atoms with E-state index in [0.29, 0.717) is 26.1 Å². The minimum absolute atomic E-state index is 0.0762. The summed E-state index contributed by atoms with van der Waals surface area (Å²) in [5.74, 6) is -0.925. The maximum absolute atomic E-state index is 12.6. The molecular formula is C20H29NO4. The largest absolute Gasteiger partial charge is 0.481 e. The van der Waals surface area contributed by atoms with Crippen molar-refractivity contribution in [1.82, 2.24) is 5.32 Å². The molecule has 25 heavy (non-hydrogen) atoms. The highest BCUT2D eigenvalue weighted by Gasteiger charge is 2.41. The van der Waals surface area contributed by atoms with Crippen molar-refractivity contribution in [3.8, 4) is 0 Å². The Balaban J connectivity index is 1.84. The van der Waals surface area contributed by atoms with Crippen LogP contribution >= 0.6 is 0 Å². The molecule has 1 aliphatic rings. The molecule has 0 bridgehead atoms. The quantitative estimate of drug-likeness (QED) is 0.758. The molecule has 0 radical (unpaired) electrons. The van der Waals surface area contributed by atoms with Crippen molar-refractivity contribution in [2.45, 2.75) is 46.0 Å². The Hall–Kier alpha value is -1.88. The Morgan fingerprint density at radius 1 is 1.20 bits per heavy atom. The van der Waals surface area contributed by atoms with E-state index in [9.17, 15) is 14.7 Å². The monoisotopic (exact) mass is 347 g/mol. The zero-order valence-corrected chi connectivity index (χ0v) is 15.2. The van der Waals surface area contributed by atoms with Crippen LogP contribution in [0.5, 0.6) is 0 Å². The molecule has 2 N–H and O–H groups in total. The van der Waals surface area contributed by atoms with Crippen molar-refractivity contribution >= 4 is 11.9 Å². The normalized spacial score (nSPS) is 17.0. The van der Waals surface area contributed by atoms with Gasteiger partial charge in [0.15, 0.2) is 0 Å². The molecule has 1 aromatic carbocycles. The Morgan fingerprint density at radius 3 is 2.44 bits per heavy atom. The van der Waals surface area contributed by atoms with Crippen molar-refractivity contribution in [1.29, 1.82) is 0 Å². The van der Waals surface area contributed by atoms with Crippen molar-refractivity contribution < 1.29 is 19.4 Å². The molecule has 1 aromatic rings. The first-order valence-corrected chi connectivity index (χ1v) is 8.99. The Labute approximate surface area is 149 Å². The maximum Gasteiger partial charge on any atom is 0.311 e. The number of carbonyl (C=O) groups is 2. The number of carboxylic acids is 1. The van der Waals surface area contributed by atoms with Gasteiger partial charge in [-0.3, -0.25) is 9.59 Å². The molecule has 0 spiro atoms. The third kappa shape index (κ3) is 5.30. The molecule has 0 aromatic heterocycles. The van der Waals surface area contributed by atoms with Gasteiger partial charge >= 0.3 is 5.97 Å². The molecule has 0 unspecified atom stereocenters. The molecule has 1 heterocycles. The van der Waals surface area contributed by atoms with E-state index in [-0.39, 0.29) is 12.5 Å². The van der Waals surface area contributed by atoms with Gasteiger partial charge < -0.3 is 15.2 Å². The summed E-state index contributed by atoms with van der Waals surface area (Å²) in [5, 5.41) is 12.5. The zero-order valence-electron chi connectivity index (χ0n) is 15.2. The van der Waals surface area contributed by atoms with Crippen molar-refractivity contribution in [2.75, 3.05) is 19.8 Å². The molecule has 5 nitrogen and oxygen atoms in total. The Morgan fingerprint density at radius 2 is 1.84 bits per heavy atom. The molecule has 1 saturated heterocycles. The number of hydrogen-bond donors (Lipinski definition) is 2. The summed E-state index contributed by atoms with van der Waals surface area (Å²) in [6, 6.07) is 10.2. The molecule has 0 atom stereocenters. The summed E-state index contributed by atoms with van der Waals surface area (Å²) < 4.78 is 5.27. The van der Waals surface area contributed by atoms with Crippen LogP contribution < -0.4 is 5.32 Å². The van der Waals surface area contributed by atoms with E-state index in [4.69, 9.17) is 4.74 Å². The fourth-order valence-corrected chi connectivity index (χ4v) is 3.21. The lowest BCUT2D eigenvalue weighted by atomic mass is 9.79. The highest BCUT2D eigenvalue weighted by atomic mass is 16.5. The van der Waals surface area contributed by atoms with Crippen LogP contribution in [-0.4, -0.2) is 36.7 Å². The second kappa shape index (κ2) is 8.48. The van der Waals surface area contributed by atoms with Gasteiger partial charge in [0.2, 0.25) is 5.91 Å². The number of amides is 1. The lowest BCUT2D eigenvalue weighted by Gasteiger charge is -2.34. The number of rotatable bonds is 8. The molecule has 1 fully saturated rings. The van der Waals surface area contributed by atoms with Gasteiger partial charge in [0.05, 0.1) is 5.41 Å². The van der Waals surface area contributed by atoms with Crippen LogP contribution in [0.2, 0.25) is 0 Å². The van der Waals surface area contributed by atoms with Gasteiger partial charge in [-0.15, -0.1) is 0 Å². The summed E-state index contributed by atoms with van der Waals surface area (Å²) >= 11 is 0. The summed E-state index contributed by atoms with van der Waals surface area (Å²) in [6.45, 7) is 4.88. The third-order valence-electron chi connectivity index (χ3n) is 5.22. The minimum atomic E-state index is -0.895.